The number of aromatic nitrogens is 2. The lowest BCUT2D eigenvalue weighted by molar-refractivity contribution is 0.763. The molecule has 0 aliphatic carbocycles. The van der Waals surface area contributed by atoms with Gasteiger partial charge in [0, 0.05) is 25.5 Å². The molecule has 1 aromatic rings. The van der Waals surface area contributed by atoms with Crippen molar-refractivity contribution in [3.8, 4) is 0 Å². The fraction of sp³-hybridized carbons (Fsp3) is 0.500. The second-order valence-corrected chi connectivity index (χ2v) is 2.82. The quantitative estimate of drug-likeness (QED) is 0.555. The molecule has 0 bridgehead atoms. The molecule has 13 heavy (non-hydrogen) atoms. The van der Waals surface area contributed by atoms with Gasteiger partial charge in [-0.05, 0) is 20.3 Å². The molecule has 0 unspecified atom stereocenters. The molecule has 72 valence electrons. The standard InChI is InChI=1S/C10H17N3/c1-3-5-6-7-11-10-12-8-9-13(10)4-2/h3,5,8-9H,4,6-7H2,1-2H3,(H,11,12)/b5-3+. The Labute approximate surface area is 79.5 Å². The van der Waals surface area contributed by atoms with Crippen LogP contribution in [0.4, 0.5) is 5.95 Å². The van der Waals surface area contributed by atoms with Gasteiger partial charge in [0.2, 0.25) is 5.95 Å². The summed E-state index contributed by atoms with van der Waals surface area (Å²) in [5.41, 5.74) is 0. The summed E-state index contributed by atoms with van der Waals surface area (Å²) in [5, 5.41) is 3.28. The van der Waals surface area contributed by atoms with E-state index in [2.05, 4.69) is 33.9 Å². The summed E-state index contributed by atoms with van der Waals surface area (Å²) in [7, 11) is 0. The molecular weight excluding hydrogens is 162 g/mol. The van der Waals surface area contributed by atoms with Crippen LogP contribution in [0.1, 0.15) is 20.3 Å². The SMILES string of the molecule is C/C=C/CCNc1nccn1CC. The highest BCUT2D eigenvalue weighted by molar-refractivity contribution is 5.25. The van der Waals surface area contributed by atoms with Gasteiger partial charge >= 0.3 is 0 Å². The number of imidazole rings is 1. The Kier molecular flexibility index (Phi) is 4.09. The molecule has 1 rings (SSSR count). The van der Waals surface area contributed by atoms with E-state index in [1.807, 2.05) is 19.3 Å². The zero-order chi connectivity index (χ0) is 9.52. The van der Waals surface area contributed by atoms with Crippen LogP contribution in [-0.2, 0) is 6.54 Å². The Morgan fingerprint density at radius 3 is 3.15 bits per heavy atom. The van der Waals surface area contributed by atoms with Crippen molar-refractivity contribution < 1.29 is 0 Å². The van der Waals surface area contributed by atoms with Crippen molar-refractivity contribution in [2.45, 2.75) is 26.8 Å². The molecule has 0 spiro atoms. The predicted octanol–water partition coefficient (Wildman–Crippen LogP) is 2.28. The first-order chi connectivity index (χ1) is 6.38. The molecule has 0 saturated heterocycles. The second-order valence-electron chi connectivity index (χ2n) is 2.82. The van der Waals surface area contributed by atoms with E-state index in [1.165, 1.54) is 0 Å². The van der Waals surface area contributed by atoms with E-state index >= 15 is 0 Å². The Morgan fingerprint density at radius 2 is 2.46 bits per heavy atom. The van der Waals surface area contributed by atoms with Crippen molar-refractivity contribution in [1.82, 2.24) is 9.55 Å². The second kappa shape index (κ2) is 5.41. The number of anilines is 1. The van der Waals surface area contributed by atoms with Crippen molar-refractivity contribution in [2.75, 3.05) is 11.9 Å². The highest BCUT2D eigenvalue weighted by Crippen LogP contribution is 2.03. The lowest BCUT2D eigenvalue weighted by Gasteiger charge is -2.05. The Balaban J connectivity index is 2.35. The minimum Gasteiger partial charge on any atom is -0.355 e. The molecule has 1 N–H and O–H groups in total. The summed E-state index contributed by atoms with van der Waals surface area (Å²) < 4.78 is 2.09. The van der Waals surface area contributed by atoms with E-state index in [9.17, 15) is 0 Å². The van der Waals surface area contributed by atoms with Gasteiger partial charge in [-0.15, -0.1) is 0 Å². The third-order valence-electron chi connectivity index (χ3n) is 1.89. The van der Waals surface area contributed by atoms with Crippen LogP contribution in [0.15, 0.2) is 24.5 Å². The van der Waals surface area contributed by atoms with Crippen LogP contribution in [0, 0.1) is 0 Å². The molecule has 3 heteroatoms. The fourth-order valence-electron chi connectivity index (χ4n) is 1.17. The van der Waals surface area contributed by atoms with Gasteiger partial charge in [0.1, 0.15) is 0 Å². The van der Waals surface area contributed by atoms with Gasteiger partial charge in [-0.3, -0.25) is 0 Å². The van der Waals surface area contributed by atoms with Crippen LogP contribution in [0.5, 0.6) is 0 Å². The number of nitrogens with one attached hydrogen (secondary N) is 1. The third-order valence-corrected chi connectivity index (χ3v) is 1.89. The topological polar surface area (TPSA) is 29.9 Å². The zero-order valence-corrected chi connectivity index (χ0v) is 8.33. The normalized spacial score (nSPS) is 10.9. The zero-order valence-electron chi connectivity index (χ0n) is 8.33. The first-order valence-electron chi connectivity index (χ1n) is 4.74. The summed E-state index contributed by atoms with van der Waals surface area (Å²) in [6.07, 6.45) is 9.06. The van der Waals surface area contributed by atoms with E-state index in [1.54, 1.807) is 0 Å². The molecular formula is C10H17N3. The van der Waals surface area contributed by atoms with Crippen molar-refractivity contribution in [2.24, 2.45) is 0 Å². The van der Waals surface area contributed by atoms with Gasteiger partial charge in [0.05, 0.1) is 0 Å². The molecule has 3 nitrogen and oxygen atoms in total. The summed E-state index contributed by atoms with van der Waals surface area (Å²) in [4.78, 5) is 4.21. The maximum atomic E-state index is 4.21. The first-order valence-corrected chi connectivity index (χ1v) is 4.74. The number of allylic oxidation sites excluding steroid dienone is 1. The van der Waals surface area contributed by atoms with E-state index in [0.29, 0.717) is 0 Å². The van der Waals surface area contributed by atoms with Gasteiger partial charge in [-0.25, -0.2) is 4.98 Å². The van der Waals surface area contributed by atoms with Gasteiger partial charge in [0.15, 0.2) is 0 Å². The molecule has 0 atom stereocenters. The van der Waals surface area contributed by atoms with E-state index < -0.39 is 0 Å². The minimum absolute atomic E-state index is 0.946. The molecule has 1 heterocycles. The van der Waals surface area contributed by atoms with Crippen LogP contribution in [0.3, 0.4) is 0 Å². The van der Waals surface area contributed by atoms with Crippen LogP contribution < -0.4 is 5.32 Å². The summed E-state index contributed by atoms with van der Waals surface area (Å²) >= 11 is 0. The maximum Gasteiger partial charge on any atom is 0.202 e. The van der Waals surface area contributed by atoms with Gasteiger partial charge in [-0.2, -0.15) is 0 Å². The fourth-order valence-corrected chi connectivity index (χ4v) is 1.17. The van der Waals surface area contributed by atoms with Crippen molar-refractivity contribution in [1.29, 1.82) is 0 Å². The number of nitrogens with zero attached hydrogens (tertiary/aromatic N) is 2. The van der Waals surface area contributed by atoms with Crippen molar-refractivity contribution in [3.05, 3.63) is 24.5 Å². The maximum absolute atomic E-state index is 4.21. The Bertz CT molecular complexity index is 263. The molecule has 0 aromatic carbocycles. The Morgan fingerprint density at radius 1 is 1.62 bits per heavy atom. The highest BCUT2D eigenvalue weighted by Gasteiger charge is 1.97. The smallest absolute Gasteiger partial charge is 0.202 e. The highest BCUT2D eigenvalue weighted by atomic mass is 15.2. The van der Waals surface area contributed by atoms with Gasteiger partial charge < -0.3 is 9.88 Å². The molecule has 1 aromatic heterocycles. The number of aryl methyl sites for hydroxylation is 1. The van der Waals surface area contributed by atoms with Crippen LogP contribution in [0.25, 0.3) is 0 Å². The predicted molar refractivity (Wildman–Crippen MR) is 55.8 cm³/mol. The third kappa shape index (κ3) is 2.93. The molecule has 0 amide bonds. The summed E-state index contributed by atoms with van der Waals surface area (Å²) in [5.74, 6) is 0.965. The van der Waals surface area contributed by atoms with Gasteiger partial charge in [-0.1, -0.05) is 12.2 Å². The number of hydrogen-bond donors (Lipinski definition) is 1. The van der Waals surface area contributed by atoms with Crippen molar-refractivity contribution >= 4 is 5.95 Å². The summed E-state index contributed by atoms with van der Waals surface area (Å²) in [6.45, 7) is 6.05. The lowest BCUT2D eigenvalue weighted by Crippen LogP contribution is -2.07. The molecule has 0 radical (unpaired) electrons. The number of rotatable bonds is 5. The van der Waals surface area contributed by atoms with Crippen LogP contribution in [-0.4, -0.2) is 16.1 Å². The van der Waals surface area contributed by atoms with Gasteiger partial charge in [0.25, 0.3) is 0 Å². The molecule has 0 fully saturated rings. The largest absolute Gasteiger partial charge is 0.355 e. The average molecular weight is 179 g/mol. The van der Waals surface area contributed by atoms with Crippen LogP contribution >= 0.6 is 0 Å². The van der Waals surface area contributed by atoms with Crippen LogP contribution in [0.2, 0.25) is 0 Å². The number of hydrogen-bond acceptors (Lipinski definition) is 2. The van der Waals surface area contributed by atoms with E-state index in [-0.39, 0.29) is 0 Å². The van der Waals surface area contributed by atoms with E-state index in [0.717, 1.165) is 25.5 Å². The monoisotopic (exact) mass is 179 g/mol. The lowest BCUT2D eigenvalue weighted by atomic mass is 10.4. The minimum atomic E-state index is 0.946. The first kappa shape index (κ1) is 9.84. The molecule has 0 saturated carbocycles. The van der Waals surface area contributed by atoms with Crippen molar-refractivity contribution in [3.63, 3.8) is 0 Å². The van der Waals surface area contributed by atoms with E-state index in [4.69, 9.17) is 0 Å². The molecule has 0 aliphatic rings. The average Bonchev–Trinajstić information content (AvgIpc) is 2.60. The molecule has 0 aliphatic heterocycles. The Hall–Kier alpha value is -1.25. The summed E-state index contributed by atoms with van der Waals surface area (Å²) in [6, 6.07) is 0.